The zero-order valence-electron chi connectivity index (χ0n) is 18.4. The summed E-state index contributed by atoms with van der Waals surface area (Å²) < 4.78 is 0. The summed E-state index contributed by atoms with van der Waals surface area (Å²) in [7, 11) is 0. The van der Waals surface area contributed by atoms with Gasteiger partial charge in [-0.05, 0) is 54.7 Å². The van der Waals surface area contributed by atoms with Gasteiger partial charge in [-0.2, -0.15) is 0 Å². The van der Waals surface area contributed by atoms with Crippen molar-refractivity contribution in [1.29, 1.82) is 0 Å². The molecule has 0 heterocycles. The van der Waals surface area contributed by atoms with Crippen molar-refractivity contribution in [2.75, 3.05) is 5.75 Å². The molecule has 1 N–H and O–H groups in total. The molecule has 1 aliphatic carbocycles. The first kappa shape index (κ1) is 24.9. The number of nitrogens with zero attached hydrogens (tertiary/aromatic N) is 1. The topological polar surface area (TPSA) is 49.4 Å². The Bertz CT molecular complexity index is 884. The molecular formula is C25H30Cl2N2O2S. The SMILES string of the molecule is CC[C@@H](C(=O)NC1CCCC1)N(Cc1ccc(Cl)cc1)C(=O)CSCc1ccc(Cl)cc1. The summed E-state index contributed by atoms with van der Waals surface area (Å²) in [5.41, 5.74) is 2.07. The second-order valence-corrected chi connectivity index (χ2v) is 10.0. The lowest BCUT2D eigenvalue weighted by Crippen LogP contribution is -2.51. The Kier molecular flexibility index (Phi) is 9.76. The van der Waals surface area contributed by atoms with Crippen LogP contribution in [0.4, 0.5) is 0 Å². The Morgan fingerprint density at radius 1 is 1.00 bits per heavy atom. The number of carbonyl (C=O) groups excluding carboxylic acids is 2. The van der Waals surface area contributed by atoms with E-state index in [2.05, 4.69) is 5.32 Å². The standard InChI is InChI=1S/C25H30Cl2N2O2S/c1-2-23(25(31)28-22-5-3-4-6-22)29(15-18-7-11-20(26)12-8-18)24(30)17-32-16-19-9-13-21(27)14-10-19/h7-14,22-23H,2-6,15-17H2,1H3,(H,28,31)/t23-/m0/s1. The summed E-state index contributed by atoms with van der Waals surface area (Å²) in [6, 6.07) is 14.8. The van der Waals surface area contributed by atoms with E-state index in [1.54, 1.807) is 16.7 Å². The van der Waals surface area contributed by atoms with Crippen LogP contribution in [-0.2, 0) is 21.9 Å². The maximum absolute atomic E-state index is 13.3. The zero-order chi connectivity index (χ0) is 22.9. The lowest BCUT2D eigenvalue weighted by molar-refractivity contribution is -0.139. The lowest BCUT2D eigenvalue weighted by atomic mass is 10.1. The molecule has 0 saturated heterocycles. The maximum Gasteiger partial charge on any atom is 0.243 e. The molecule has 1 fully saturated rings. The van der Waals surface area contributed by atoms with E-state index in [9.17, 15) is 9.59 Å². The fourth-order valence-electron chi connectivity index (χ4n) is 3.99. The molecule has 3 rings (SSSR count). The van der Waals surface area contributed by atoms with Crippen molar-refractivity contribution < 1.29 is 9.59 Å². The van der Waals surface area contributed by atoms with Crippen LogP contribution in [0.3, 0.4) is 0 Å². The largest absolute Gasteiger partial charge is 0.352 e. The van der Waals surface area contributed by atoms with Gasteiger partial charge in [-0.1, -0.05) is 67.2 Å². The molecule has 2 aromatic carbocycles. The molecule has 1 saturated carbocycles. The van der Waals surface area contributed by atoms with Crippen LogP contribution in [0.5, 0.6) is 0 Å². The minimum atomic E-state index is -0.491. The van der Waals surface area contributed by atoms with Crippen LogP contribution >= 0.6 is 35.0 Å². The van der Waals surface area contributed by atoms with Gasteiger partial charge in [-0.15, -0.1) is 11.8 Å². The van der Waals surface area contributed by atoms with E-state index in [1.165, 1.54) is 0 Å². The fourth-order valence-corrected chi connectivity index (χ4v) is 5.12. The number of carbonyl (C=O) groups is 2. The van der Waals surface area contributed by atoms with E-state index in [1.807, 2.05) is 55.5 Å². The van der Waals surface area contributed by atoms with E-state index in [-0.39, 0.29) is 17.9 Å². The van der Waals surface area contributed by atoms with Crippen LogP contribution in [0.1, 0.15) is 50.2 Å². The fraction of sp³-hybridized carbons (Fsp3) is 0.440. The van der Waals surface area contributed by atoms with Gasteiger partial charge in [0, 0.05) is 28.4 Å². The van der Waals surface area contributed by atoms with Crippen molar-refractivity contribution in [2.45, 2.75) is 63.4 Å². The molecule has 32 heavy (non-hydrogen) atoms. The number of hydrogen-bond acceptors (Lipinski definition) is 3. The highest BCUT2D eigenvalue weighted by Crippen LogP contribution is 2.21. The van der Waals surface area contributed by atoms with E-state index in [4.69, 9.17) is 23.2 Å². The average Bonchev–Trinajstić information content (AvgIpc) is 3.29. The smallest absolute Gasteiger partial charge is 0.243 e. The number of halogens is 2. The molecule has 1 aliphatic rings. The Labute approximate surface area is 205 Å². The predicted octanol–water partition coefficient (Wildman–Crippen LogP) is 6.09. The highest BCUT2D eigenvalue weighted by molar-refractivity contribution is 7.99. The van der Waals surface area contributed by atoms with Crippen molar-refractivity contribution in [3.05, 3.63) is 69.7 Å². The zero-order valence-corrected chi connectivity index (χ0v) is 20.7. The number of hydrogen-bond donors (Lipinski definition) is 1. The molecule has 0 radical (unpaired) electrons. The van der Waals surface area contributed by atoms with Crippen molar-refractivity contribution in [3.63, 3.8) is 0 Å². The van der Waals surface area contributed by atoms with E-state index >= 15 is 0 Å². The van der Waals surface area contributed by atoms with Crippen LogP contribution in [-0.4, -0.2) is 34.6 Å². The molecule has 7 heteroatoms. The molecule has 0 aromatic heterocycles. The van der Waals surface area contributed by atoms with Gasteiger partial charge in [-0.3, -0.25) is 9.59 Å². The summed E-state index contributed by atoms with van der Waals surface area (Å²) in [5, 5.41) is 4.52. The summed E-state index contributed by atoms with van der Waals surface area (Å²) >= 11 is 13.5. The highest BCUT2D eigenvalue weighted by Gasteiger charge is 2.30. The second kappa shape index (κ2) is 12.5. The maximum atomic E-state index is 13.3. The Morgan fingerprint density at radius 2 is 1.56 bits per heavy atom. The Morgan fingerprint density at radius 3 is 2.12 bits per heavy atom. The van der Waals surface area contributed by atoms with E-state index < -0.39 is 6.04 Å². The number of nitrogens with one attached hydrogen (secondary N) is 1. The van der Waals surface area contributed by atoms with E-state index in [0.717, 1.165) is 36.8 Å². The van der Waals surface area contributed by atoms with Gasteiger partial charge in [0.2, 0.25) is 11.8 Å². The summed E-state index contributed by atoms with van der Waals surface area (Å²) in [6.45, 7) is 2.34. The van der Waals surface area contributed by atoms with Crippen molar-refractivity contribution >= 4 is 46.8 Å². The quantitative estimate of drug-likeness (QED) is 0.436. The monoisotopic (exact) mass is 492 g/mol. The highest BCUT2D eigenvalue weighted by atomic mass is 35.5. The van der Waals surface area contributed by atoms with Gasteiger partial charge in [0.15, 0.2) is 0 Å². The van der Waals surface area contributed by atoms with Crippen LogP contribution in [0.15, 0.2) is 48.5 Å². The van der Waals surface area contributed by atoms with Crippen molar-refractivity contribution in [1.82, 2.24) is 10.2 Å². The van der Waals surface area contributed by atoms with Gasteiger partial charge >= 0.3 is 0 Å². The molecule has 2 aromatic rings. The normalized spacial score (nSPS) is 14.8. The summed E-state index contributed by atoms with van der Waals surface area (Å²) in [5.74, 6) is 0.934. The predicted molar refractivity (Wildman–Crippen MR) is 134 cm³/mol. The summed E-state index contributed by atoms with van der Waals surface area (Å²) in [4.78, 5) is 28.1. The van der Waals surface area contributed by atoms with Crippen LogP contribution in [0, 0.1) is 0 Å². The van der Waals surface area contributed by atoms with Gasteiger partial charge in [0.05, 0.1) is 5.75 Å². The Hall–Kier alpha value is -1.69. The third kappa shape index (κ3) is 7.43. The minimum Gasteiger partial charge on any atom is -0.352 e. The molecule has 0 aliphatic heterocycles. The average molecular weight is 494 g/mol. The van der Waals surface area contributed by atoms with Gasteiger partial charge in [0.1, 0.15) is 6.04 Å². The number of thioether (sulfide) groups is 1. The molecule has 2 amide bonds. The molecule has 4 nitrogen and oxygen atoms in total. The van der Waals surface area contributed by atoms with Crippen LogP contribution in [0.25, 0.3) is 0 Å². The van der Waals surface area contributed by atoms with Crippen LogP contribution < -0.4 is 5.32 Å². The minimum absolute atomic E-state index is 0.0349. The van der Waals surface area contributed by atoms with Gasteiger partial charge in [-0.25, -0.2) is 0 Å². The van der Waals surface area contributed by atoms with Crippen molar-refractivity contribution in [2.24, 2.45) is 0 Å². The molecule has 1 atom stereocenters. The number of amides is 2. The van der Waals surface area contributed by atoms with Gasteiger partial charge < -0.3 is 10.2 Å². The summed E-state index contributed by atoms with van der Waals surface area (Å²) in [6.07, 6.45) is 4.90. The van der Waals surface area contributed by atoms with Crippen molar-refractivity contribution in [3.8, 4) is 0 Å². The molecule has 172 valence electrons. The molecular weight excluding hydrogens is 463 g/mol. The van der Waals surface area contributed by atoms with E-state index in [0.29, 0.717) is 34.5 Å². The van der Waals surface area contributed by atoms with Gasteiger partial charge in [0.25, 0.3) is 0 Å². The van der Waals surface area contributed by atoms with Crippen LogP contribution in [0.2, 0.25) is 10.0 Å². The first-order valence-electron chi connectivity index (χ1n) is 11.1. The number of rotatable bonds is 10. The molecule has 0 spiro atoms. The second-order valence-electron chi connectivity index (χ2n) is 8.18. The lowest BCUT2D eigenvalue weighted by Gasteiger charge is -2.31. The molecule has 0 bridgehead atoms. The third-order valence-corrected chi connectivity index (χ3v) is 7.25. The Balaban J connectivity index is 1.68. The number of benzene rings is 2. The first-order chi connectivity index (χ1) is 15.5. The molecule has 0 unspecified atom stereocenters. The first-order valence-corrected chi connectivity index (χ1v) is 13.0. The third-order valence-electron chi connectivity index (χ3n) is 5.76.